The molecule has 3 rings (SSSR count). The van der Waals surface area contributed by atoms with Crippen molar-refractivity contribution in [2.45, 2.75) is 13.5 Å². The fourth-order valence-electron chi connectivity index (χ4n) is 2.57. The van der Waals surface area contributed by atoms with Crippen LogP contribution in [0.1, 0.15) is 6.92 Å². The molecule has 0 radical (unpaired) electrons. The molecule has 1 nitrogen and oxygen atoms in total. The van der Waals surface area contributed by atoms with Gasteiger partial charge in [0.25, 0.3) is 0 Å². The van der Waals surface area contributed by atoms with E-state index >= 15 is 0 Å². The molecule has 92 valence electrons. The summed E-state index contributed by atoms with van der Waals surface area (Å²) < 4.78 is 2.42. The summed E-state index contributed by atoms with van der Waals surface area (Å²) in [5.74, 6) is 1.49. The molecule has 0 bridgehead atoms. The number of hydrogen-bond acceptors (Lipinski definition) is 1. The lowest BCUT2D eigenvalue weighted by Crippen LogP contribution is -2.08. The van der Waals surface area contributed by atoms with Crippen LogP contribution in [0.4, 0.5) is 0 Å². The molecule has 0 spiro atoms. The summed E-state index contributed by atoms with van der Waals surface area (Å²) in [6, 6.07) is 17.3. The van der Waals surface area contributed by atoms with Crippen molar-refractivity contribution >= 4 is 34.4 Å². The summed E-state index contributed by atoms with van der Waals surface area (Å²) in [7, 11) is 0. The number of para-hydroxylation sites is 2. The van der Waals surface area contributed by atoms with E-state index in [4.69, 9.17) is 0 Å². The average molecular weight is 255 g/mol. The molecule has 1 unspecified atom stereocenters. The van der Waals surface area contributed by atoms with E-state index in [0.717, 1.165) is 12.3 Å². The van der Waals surface area contributed by atoms with Crippen LogP contribution in [-0.2, 0) is 6.54 Å². The number of thiol groups is 1. The second kappa shape index (κ2) is 4.69. The zero-order chi connectivity index (χ0) is 12.5. The quantitative estimate of drug-likeness (QED) is 0.663. The van der Waals surface area contributed by atoms with Crippen LogP contribution < -0.4 is 0 Å². The lowest BCUT2D eigenvalue weighted by atomic mass is 10.2. The standard InChI is InChI=1S/C16H17NS/c1-12(11-18)10-17-15-8-4-2-6-13(15)14-7-3-5-9-16(14)17/h2-9,12,18H,10-11H2,1H3. The van der Waals surface area contributed by atoms with Crippen LogP contribution in [-0.4, -0.2) is 10.3 Å². The number of rotatable bonds is 3. The number of fused-ring (bicyclic) bond motifs is 3. The number of nitrogens with zero attached hydrogens (tertiary/aromatic N) is 1. The Morgan fingerprint density at radius 3 is 1.94 bits per heavy atom. The van der Waals surface area contributed by atoms with Crippen molar-refractivity contribution in [1.29, 1.82) is 0 Å². The predicted molar refractivity (Wildman–Crippen MR) is 82.5 cm³/mol. The molecule has 0 saturated carbocycles. The van der Waals surface area contributed by atoms with E-state index in [9.17, 15) is 0 Å². The Bertz CT molecular complexity index is 630. The van der Waals surface area contributed by atoms with Crippen LogP contribution in [0.25, 0.3) is 21.8 Å². The normalized spacial score (nSPS) is 13.2. The van der Waals surface area contributed by atoms with Gasteiger partial charge in [0.1, 0.15) is 0 Å². The van der Waals surface area contributed by atoms with Crippen LogP contribution in [0.2, 0.25) is 0 Å². The number of hydrogen-bond donors (Lipinski definition) is 1. The van der Waals surface area contributed by atoms with Gasteiger partial charge in [-0.3, -0.25) is 0 Å². The first kappa shape index (κ1) is 11.7. The molecule has 0 aliphatic carbocycles. The predicted octanol–water partition coefficient (Wildman–Crippen LogP) is 4.36. The van der Waals surface area contributed by atoms with Crippen molar-refractivity contribution in [2.75, 3.05) is 5.75 Å². The fraction of sp³-hybridized carbons (Fsp3) is 0.250. The largest absolute Gasteiger partial charge is 0.340 e. The highest BCUT2D eigenvalue weighted by Crippen LogP contribution is 2.29. The van der Waals surface area contributed by atoms with Gasteiger partial charge in [-0.25, -0.2) is 0 Å². The topological polar surface area (TPSA) is 4.93 Å². The zero-order valence-corrected chi connectivity index (χ0v) is 11.4. The van der Waals surface area contributed by atoms with Crippen molar-refractivity contribution < 1.29 is 0 Å². The lowest BCUT2D eigenvalue weighted by Gasteiger charge is -2.12. The maximum absolute atomic E-state index is 4.40. The molecule has 3 aromatic rings. The van der Waals surface area contributed by atoms with E-state index < -0.39 is 0 Å². The molecular formula is C16H17NS. The van der Waals surface area contributed by atoms with Gasteiger partial charge in [0.2, 0.25) is 0 Å². The summed E-state index contributed by atoms with van der Waals surface area (Å²) >= 11 is 4.40. The number of benzene rings is 2. The van der Waals surface area contributed by atoms with Crippen LogP contribution in [0.3, 0.4) is 0 Å². The van der Waals surface area contributed by atoms with Gasteiger partial charge in [0.15, 0.2) is 0 Å². The third-order valence-electron chi connectivity index (χ3n) is 3.49. The average Bonchev–Trinajstić information content (AvgIpc) is 2.74. The molecule has 2 aromatic carbocycles. The molecule has 0 saturated heterocycles. The Hall–Kier alpha value is -1.41. The lowest BCUT2D eigenvalue weighted by molar-refractivity contribution is 0.555. The van der Waals surface area contributed by atoms with E-state index in [-0.39, 0.29) is 0 Å². The Kier molecular flexibility index (Phi) is 3.04. The first-order chi connectivity index (χ1) is 8.81. The van der Waals surface area contributed by atoms with E-state index in [2.05, 4.69) is 72.7 Å². The van der Waals surface area contributed by atoms with Crippen molar-refractivity contribution in [3.05, 3.63) is 48.5 Å². The summed E-state index contributed by atoms with van der Waals surface area (Å²) in [5, 5.41) is 2.69. The molecule has 0 aliphatic rings. The van der Waals surface area contributed by atoms with Gasteiger partial charge in [-0.15, -0.1) is 0 Å². The van der Waals surface area contributed by atoms with Crippen LogP contribution in [0.5, 0.6) is 0 Å². The van der Waals surface area contributed by atoms with Gasteiger partial charge in [0, 0.05) is 28.4 Å². The van der Waals surface area contributed by atoms with Gasteiger partial charge in [-0.05, 0) is 23.8 Å². The Morgan fingerprint density at radius 2 is 1.44 bits per heavy atom. The molecule has 0 N–H and O–H groups in total. The minimum Gasteiger partial charge on any atom is -0.340 e. The van der Waals surface area contributed by atoms with Crippen LogP contribution in [0, 0.1) is 5.92 Å². The molecule has 18 heavy (non-hydrogen) atoms. The highest BCUT2D eigenvalue weighted by molar-refractivity contribution is 7.80. The van der Waals surface area contributed by atoms with E-state index in [1.54, 1.807) is 0 Å². The highest BCUT2D eigenvalue weighted by atomic mass is 32.1. The molecule has 2 heteroatoms. The minimum atomic E-state index is 0.576. The molecular weight excluding hydrogens is 238 g/mol. The van der Waals surface area contributed by atoms with E-state index in [1.165, 1.54) is 21.8 Å². The third-order valence-corrected chi connectivity index (χ3v) is 4.11. The first-order valence-electron chi connectivity index (χ1n) is 6.38. The van der Waals surface area contributed by atoms with Gasteiger partial charge >= 0.3 is 0 Å². The Morgan fingerprint density at radius 1 is 0.944 bits per heavy atom. The van der Waals surface area contributed by atoms with Crippen LogP contribution in [0.15, 0.2) is 48.5 Å². The minimum absolute atomic E-state index is 0.576. The highest BCUT2D eigenvalue weighted by Gasteiger charge is 2.11. The smallest absolute Gasteiger partial charge is 0.0491 e. The first-order valence-corrected chi connectivity index (χ1v) is 7.01. The summed E-state index contributed by atoms with van der Waals surface area (Å²) in [5.41, 5.74) is 2.65. The van der Waals surface area contributed by atoms with E-state index in [0.29, 0.717) is 5.92 Å². The summed E-state index contributed by atoms with van der Waals surface area (Å²) in [4.78, 5) is 0. The Labute approximate surface area is 113 Å². The molecule has 1 heterocycles. The zero-order valence-electron chi connectivity index (χ0n) is 10.5. The SMILES string of the molecule is CC(CS)Cn1c2ccccc2c2ccccc21. The molecule has 0 amide bonds. The maximum Gasteiger partial charge on any atom is 0.0491 e. The van der Waals surface area contributed by atoms with Gasteiger partial charge in [0.05, 0.1) is 0 Å². The molecule has 1 atom stereocenters. The van der Waals surface area contributed by atoms with Crippen LogP contribution >= 0.6 is 12.6 Å². The number of aromatic nitrogens is 1. The summed E-state index contributed by atoms with van der Waals surface area (Å²) in [6.45, 7) is 3.27. The van der Waals surface area contributed by atoms with Crippen molar-refractivity contribution in [1.82, 2.24) is 4.57 Å². The second-order valence-corrected chi connectivity index (χ2v) is 5.30. The Balaban J connectivity index is 2.31. The maximum atomic E-state index is 4.40. The van der Waals surface area contributed by atoms with Gasteiger partial charge in [-0.2, -0.15) is 12.6 Å². The third kappa shape index (κ3) is 1.81. The van der Waals surface area contributed by atoms with Crippen molar-refractivity contribution in [3.8, 4) is 0 Å². The second-order valence-electron chi connectivity index (χ2n) is 4.93. The van der Waals surface area contributed by atoms with Gasteiger partial charge in [-0.1, -0.05) is 43.3 Å². The molecule has 0 aliphatic heterocycles. The summed E-state index contributed by atoms with van der Waals surface area (Å²) in [6.07, 6.45) is 0. The molecule has 0 fully saturated rings. The molecule has 1 aromatic heterocycles. The van der Waals surface area contributed by atoms with Crippen molar-refractivity contribution in [3.63, 3.8) is 0 Å². The fourth-order valence-corrected chi connectivity index (χ4v) is 2.68. The van der Waals surface area contributed by atoms with Gasteiger partial charge < -0.3 is 4.57 Å². The van der Waals surface area contributed by atoms with E-state index in [1.807, 2.05) is 0 Å². The van der Waals surface area contributed by atoms with Crippen molar-refractivity contribution in [2.24, 2.45) is 5.92 Å². The monoisotopic (exact) mass is 255 g/mol.